The Kier molecular flexibility index (Phi) is 6.06. The van der Waals surface area contributed by atoms with Crippen LogP contribution in [-0.2, 0) is 14.3 Å². The lowest BCUT2D eigenvalue weighted by Crippen LogP contribution is -2.60. The summed E-state index contributed by atoms with van der Waals surface area (Å²) < 4.78 is 5.08. The van der Waals surface area contributed by atoms with Crippen molar-refractivity contribution in [1.29, 1.82) is 10.5 Å². The number of nitrogens with zero attached hydrogens (tertiary/aromatic N) is 2. The van der Waals surface area contributed by atoms with Gasteiger partial charge in [-0.3, -0.25) is 4.79 Å². The second kappa shape index (κ2) is 7.87. The van der Waals surface area contributed by atoms with E-state index in [9.17, 15) is 25.2 Å². The summed E-state index contributed by atoms with van der Waals surface area (Å²) in [5.41, 5.74) is -4.01. The fourth-order valence-electron chi connectivity index (χ4n) is 5.20. The first-order valence-corrected chi connectivity index (χ1v) is 9.15. The van der Waals surface area contributed by atoms with Gasteiger partial charge in [0.15, 0.2) is 0 Å². The molecular weight excluding hydrogens is 320 g/mol. The minimum absolute atomic E-state index is 0.313. The fraction of sp³-hybridized carbons (Fsp3) is 0.789. The molecule has 0 aromatic heterocycles. The molecular formula is C19H26N2O4. The Bertz CT molecular complexity index is 558. The lowest BCUT2D eigenvalue weighted by molar-refractivity contribution is -0.183. The topological polar surface area (TPSA) is 111 Å². The molecule has 0 atom stereocenters. The van der Waals surface area contributed by atoms with Crippen LogP contribution in [0.3, 0.4) is 0 Å². The van der Waals surface area contributed by atoms with Gasteiger partial charge in [0.2, 0.25) is 0 Å². The molecule has 2 aliphatic rings. The molecule has 0 aromatic carbocycles. The summed E-state index contributed by atoms with van der Waals surface area (Å²) in [7, 11) is 1.23. The van der Waals surface area contributed by atoms with E-state index in [1.54, 1.807) is 12.1 Å². The second-order valence-electron chi connectivity index (χ2n) is 7.31. The van der Waals surface area contributed by atoms with Gasteiger partial charge in [0.25, 0.3) is 5.41 Å². The van der Waals surface area contributed by atoms with E-state index in [1.807, 2.05) is 0 Å². The van der Waals surface area contributed by atoms with E-state index in [0.29, 0.717) is 25.7 Å². The van der Waals surface area contributed by atoms with E-state index in [2.05, 4.69) is 0 Å². The van der Waals surface area contributed by atoms with E-state index in [4.69, 9.17) is 4.74 Å². The Morgan fingerprint density at radius 1 is 0.920 bits per heavy atom. The summed E-state index contributed by atoms with van der Waals surface area (Å²) in [5.74, 6) is -2.85. The third-order valence-electron chi connectivity index (χ3n) is 6.30. The zero-order chi connectivity index (χ0) is 18.5. The number of rotatable bonds is 5. The van der Waals surface area contributed by atoms with Gasteiger partial charge in [-0.05, 0) is 37.5 Å². The molecule has 0 aromatic rings. The molecule has 2 rings (SSSR count). The van der Waals surface area contributed by atoms with Crippen LogP contribution in [0.4, 0.5) is 0 Å². The van der Waals surface area contributed by atoms with Crippen molar-refractivity contribution in [1.82, 2.24) is 0 Å². The fourth-order valence-corrected chi connectivity index (χ4v) is 5.20. The number of hydrogen-bond acceptors (Lipinski definition) is 5. The minimum atomic E-state index is -2.41. The van der Waals surface area contributed by atoms with Crippen molar-refractivity contribution in [2.24, 2.45) is 22.7 Å². The molecule has 25 heavy (non-hydrogen) atoms. The van der Waals surface area contributed by atoms with E-state index >= 15 is 0 Å². The highest BCUT2D eigenvalue weighted by atomic mass is 16.5. The number of carbonyl (C=O) groups excluding carboxylic acids is 1. The van der Waals surface area contributed by atoms with Gasteiger partial charge in [0, 0.05) is 0 Å². The molecule has 2 aliphatic carbocycles. The Balaban J connectivity index is 2.73. The molecule has 0 aliphatic heterocycles. The van der Waals surface area contributed by atoms with Crippen molar-refractivity contribution in [3.05, 3.63) is 0 Å². The van der Waals surface area contributed by atoms with Crippen LogP contribution in [0.1, 0.15) is 64.2 Å². The third-order valence-corrected chi connectivity index (χ3v) is 6.30. The molecule has 0 saturated heterocycles. The zero-order valence-electron chi connectivity index (χ0n) is 14.8. The van der Waals surface area contributed by atoms with Gasteiger partial charge in [-0.1, -0.05) is 38.5 Å². The molecule has 1 N–H and O–H groups in total. The molecule has 0 bridgehead atoms. The van der Waals surface area contributed by atoms with Crippen molar-refractivity contribution in [3.8, 4) is 12.1 Å². The SMILES string of the molecule is COC(=O)C(C1CCCCC1)(C1CCCCC1)C(C#N)(C#N)C(=O)O. The summed E-state index contributed by atoms with van der Waals surface area (Å²) >= 11 is 0. The molecule has 6 heteroatoms. The molecule has 2 fully saturated rings. The summed E-state index contributed by atoms with van der Waals surface area (Å²) in [6, 6.07) is 3.51. The summed E-state index contributed by atoms with van der Waals surface area (Å²) in [6.07, 6.45) is 8.19. The highest BCUT2D eigenvalue weighted by Crippen LogP contribution is 2.59. The van der Waals surface area contributed by atoms with Gasteiger partial charge in [0.05, 0.1) is 19.2 Å². The quantitative estimate of drug-likeness (QED) is 0.763. The van der Waals surface area contributed by atoms with Crippen molar-refractivity contribution < 1.29 is 19.4 Å². The minimum Gasteiger partial charge on any atom is -0.479 e. The Morgan fingerprint density at radius 2 is 1.32 bits per heavy atom. The molecule has 0 radical (unpaired) electrons. The molecule has 136 valence electrons. The Hall–Kier alpha value is -2.08. The van der Waals surface area contributed by atoms with Crippen LogP contribution in [0.2, 0.25) is 0 Å². The lowest BCUT2D eigenvalue weighted by Gasteiger charge is -2.50. The highest BCUT2D eigenvalue weighted by molar-refractivity contribution is 5.93. The number of hydrogen-bond donors (Lipinski definition) is 1. The van der Waals surface area contributed by atoms with Crippen LogP contribution >= 0.6 is 0 Å². The van der Waals surface area contributed by atoms with Crippen LogP contribution in [0.5, 0.6) is 0 Å². The molecule has 6 nitrogen and oxygen atoms in total. The number of aliphatic carboxylic acids is 1. The van der Waals surface area contributed by atoms with Crippen molar-refractivity contribution in [3.63, 3.8) is 0 Å². The standard InChI is InChI=1S/C19H26N2O4/c1-25-17(24)19(14-8-4-2-5-9-14,15-10-6-3-7-11-15)18(12-20,13-21)16(22)23/h14-15H,2-11H2,1H3,(H,22,23). The van der Waals surface area contributed by atoms with Gasteiger partial charge in [-0.15, -0.1) is 0 Å². The van der Waals surface area contributed by atoms with Gasteiger partial charge in [-0.25, -0.2) is 4.79 Å². The van der Waals surface area contributed by atoms with Crippen LogP contribution < -0.4 is 0 Å². The smallest absolute Gasteiger partial charge is 0.340 e. The number of carboxylic acids is 1. The molecule has 0 heterocycles. The number of nitriles is 2. The van der Waals surface area contributed by atoms with Crippen LogP contribution in [0.15, 0.2) is 0 Å². The number of methoxy groups -OCH3 is 1. The molecule has 2 saturated carbocycles. The zero-order valence-corrected chi connectivity index (χ0v) is 14.8. The van der Waals surface area contributed by atoms with Gasteiger partial charge >= 0.3 is 11.9 Å². The maximum Gasteiger partial charge on any atom is 0.340 e. The third kappa shape index (κ3) is 2.88. The van der Waals surface area contributed by atoms with Crippen molar-refractivity contribution >= 4 is 11.9 Å². The monoisotopic (exact) mass is 346 g/mol. The molecule has 0 amide bonds. The van der Waals surface area contributed by atoms with Crippen molar-refractivity contribution in [2.75, 3.05) is 7.11 Å². The summed E-state index contributed by atoms with van der Waals surface area (Å²) in [5, 5.41) is 29.6. The normalized spacial score (nSPS) is 20.3. The Labute approximate surface area is 148 Å². The maximum atomic E-state index is 13.1. The average molecular weight is 346 g/mol. The number of carbonyl (C=O) groups is 2. The number of ether oxygens (including phenoxy) is 1. The lowest BCUT2D eigenvalue weighted by atomic mass is 9.48. The highest BCUT2D eigenvalue weighted by Gasteiger charge is 2.70. The van der Waals surface area contributed by atoms with Crippen LogP contribution in [0, 0.1) is 45.3 Å². The Morgan fingerprint density at radius 3 is 1.60 bits per heavy atom. The second-order valence-corrected chi connectivity index (χ2v) is 7.31. The first-order valence-electron chi connectivity index (χ1n) is 9.15. The van der Waals surface area contributed by atoms with Gasteiger partial charge in [0.1, 0.15) is 5.41 Å². The molecule has 0 spiro atoms. The van der Waals surface area contributed by atoms with Crippen molar-refractivity contribution in [2.45, 2.75) is 64.2 Å². The number of esters is 1. The van der Waals surface area contributed by atoms with Crippen LogP contribution in [-0.4, -0.2) is 24.2 Å². The van der Waals surface area contributed by atoms with E-state index in [1.165, 1.54) is 7.11 Å². The predicted molar refractivity (Wildman–Crippen MR) is 88.9 cm³/mol. The van der Waals surface area contributed by atoms with E-state index < -0.39 is 22.8 Å². The average Bonchev–Trinajstić information content (AvgIpc) is 2.66. The van der Waals surface area contributed by atoms with Gasteiger partial charge < -0.3 is 9.84 Å². The first-order chi connectivity index (χ1) is 12.0. The van der Waals surface area contributed by atoms with E-state index in [-0.39, 0.29) is 11.8 Å². The number of carboxylic acid groups (broad SMARTS) is 1. The maximum absolute atomic E-state index is 13.1. The van der Waals surface area contributed by atoms with Gasteiger partial charge in [-0.2, -0.15) is 10.5 Å². The predicted octanol–water partition coefficient (Wildman–Crippen LogP) is 3.42. The first kappa shape index (κ1) is 19.2. The largest absolute Gasteiger partial charge is 0.479 e. The molecule has 0 unspecified atom stereocenters. The summed E-state index contributed by atoms with van der Waals surface area (Å²) in [6.45, 7) is 0. The van der Waals surface area contributed by atoms with Crippen LogP contribution in [0.25, 0.3) is 0 Å². The summed E-state index contributed by atoms with van der Waals surface area (Å²) in [4.78, 5) is 25.3. The van der Waals surface area contributed by atoms with E-state index in [0.717, 1.165) is 38.5 Å².